The zero-order valence-electron chi connectivity index (χ0n) is 11.8. The van der Waals surface area contributed by atoms with Crippen molar-refractivity contribution in [2.24, 2.45) is 0 Å². The van der Waals surface area contributed by atoms with Gasteiger partial charge in [-0.05, 0) is 40.2 Å². The maximum Gasteiger partial charge on any atom is 0.308 e. The Bertz CT molecular complexity index is 937. The molecule has 116 valence electrons. The molecule has 0 unspecified atom stereocenters. The lowest BCUT2D eigenvalue weighted by Crippen LogP contribution is -2.16. The molecule has 0 atom stereocenters. The van der Waals surface area contributed by atoms with Crippen molar-refractivity contribution in [3.05, 3.63) is 50.9 Å². The second kappa shape index (κ2) is 6.21. The highest BCUT2D eigenvalue weighted by Crippen LogP contribution is 2.34. The summed E-state index contributed by atoms with van der Waals surface area (Å²) in [6.45, 7) is 1.27. The van der Waals surface area contributed by atoms with Gasteiger partial charge in [0.1, 0.15) is 5.52 Å². The van der Waals surface area contributed by atoms with Gasteiger partial charge in [-0.3, -0.25) is 9.59 Å². The van der Waals surface area contributed by atoms with Gasteiger partial charge < -0.3 is 4.74 Å². The van der Waals surface area contributed by atoms with E-state index in [1.807, 2.05) is 6.07 Å². The number of fused-ring (bicyclic) bond motifs is 1. The smallest absolute Gasteiger partial charge is 0.308 e. The average molecular weight is 439 g/mol. The van der Waals surface area contributed by atoms with Crippen LogP contribution in [-0.4, -0.2) is 26.9 Å². The molecule has 0 amide bonds. The summed E-state index contributed by atoms with van der Waals surface area (Å²) in [5, 5.41) is 7.86. The SMILES string of the molecule is CC(=O)Oc1c(Br)cc(Br)cc1C(=O)n1nnc2ccccc21. The fourth-order valence-electron chi connectivity index (χ4n) is 2.10. The predicted octanol–water partition coefficient (Wildman–Crippen LogP) is 3.57. The molecular weight excluding hydrogens is 430 g/mol. The van der Waals surface area contributed by atoms with E-state index in [1.165, 1.54) is 11.6 Å². The first-order valence-electron chi connectivity index (χ1n) is 6.50. The van der Waals surface area contributed by atoms with Gasteiger partial charge >= 0.3 is 5.97 Å². The van der Waals surface area contributed by atoms with Crippen LogP contribution in [-0.2, 0) is 4.79 Å². The Morgan fingerprint density at radius 2 is 1.91 bits per heavy atom. The third-order valence-electron chi connectivity index (χ3n) is 3.03. The lowest BCUT2D eigenvalue weighted by Gasteiger charge is -2.11. The van der Waals surface area contributed by atoms with Crippen molar-refractivity contribution in [1.29, 1.82) is 0 Å². The van der Waals surface area contributed by atoms with Gasteiger partial charge in [0.15, 0.2) is 5.75 Å². The fourth-order valence-corrected chi connectivity index (χ4v) is 3.41. The van der Waals surface area contributed by atoms with Crippen LogP contribution in [0.2, 0.25) is 0 Å². The van der Waals surface area contributed by atoms with Gasteiger partial charge in [0.25, 0.3) is 5.91 Å². The Hall–Kier alpha value is -2.06. The van der Waals surface area contributed by atoms with Crippen LogP contribution in [0.25, 0.3) is 11.0 Å². The number of hydrogen-bond acceptors (Lipinski definition) is 5. The molecule has 0 bridgehead atoms. The summed E-state index contributed by atoms with van der Waals surface area (Å²) in [5.41, 5.74) is 1.36. The van der Waals surface area contributed by atoms with Crippen molar-refractivity contribution < 1.29 is 14.3 Å². The molecule has 0 radical (unpaired) electrons. The highest BCUT2D eigenvalue weighted by atomic mass is 79.9. The predicted molar refractivity (Wildman–Crippen MR) is 90.4 cm³/mol. The molecule has 0 N–H and O–H groups in total. The molecule has 0 spiro atoms. The van der Waals surface area contributed by atoms with Gasteiger partial charge in [-0.1, -0.05) is 33.3 Å². The number of ether oxygens (including phenoxy) is 1. The molecule has 8 heteroatoms. The third kappa shape index (κ3) is 3.04. The van der Waals surface area contributed by atoms with Crippen molar-refractivity contribution in [3.63, 3.8) is 0 Å². The Morgan fingerprint density at radius 3 is 2.65 bits per heavy atom. The molecule has 0 fully saturated rings. The average Bonchev–Trinajstić information content (AvgIpc) is 2.92. The van der Waals surface area contributed by atoms with Gasteiger partial charge in [0.2, 0.25) is 0 Å². The number of para-hydroxylation sites is 1. The van der Waals surface area contributed by atoms with E-state index in [-0.39, 0.29) is 11.3 Å². The van der Waals surface area contributed by atoms with E-state index in [4.69, 9.17) is 4.74 Å². The topological polar surface area (TPSA) is 74.1 Å². The van der Waals surface area contributed by atoms with Gasteiger partial charge in [0, 0.05) is 11.4 Å². The Labute approximate surface area is 147 Å². The van der Waals surface area contributed by atoms with Crippen LogP contribution in [0, 0.1) is 0 Å². The van der Waals surface area contributed by atoms with Crippen molar-refractivity contribution >= 4 is 54.8 Å². The Kier molecular flexibility index (Phi) is 4.27. The monoisotopic (exact) mass is 437 g/mol. The second-order valence-corrected chi connectivity index (χ2v) is 6.42. The number of benzene rings is 2. The molecule has 0 aliphatic rings. The lowest BCUT2D eigenvalue weighted by atomic mass is 10.2. The minimum absolute atomic E-state index is 0.144. The van der Waals surface area contributed by atoms with Gasteiger partial charge in [-0.2, -0.15) is 4.68 Å². The number of rotatable bonds is 2. The van der Waals surface area contributed by atoms with Gasteiger partial charge in [0.05, 0.1) is 15.6 Å². The third-order valence-corrected chi connectivity index (χ3v) is 4.08. The number of carbonyl (C=O) groups excluding carboxylic acids is 2. The highest BCUT2D eigenvalue weighted by Gasteiger charge is 2.22. The first-order chi connectivity index (χ1) is 11.0. The first kappa shape index (κ1) is 15.8. The molecular formula is C15H9Br2N3O3. The van der Waals surface area contributed by atoms with Crippen LogP contribution >= 0.6 is 31.9 Å². The van der Waals surface area contributed by atoms with E-state index in [0.717, 1.165) is 0 Å². The molecule has 6 nitrogen and oxygen atoms in total. The largest absolute Gasteiger partial charge is 0.425 e. The van der Waals surface area contributed by atoms with E-state index in [9.17, 15) is 9.59 Å². The summed E-state index contributed by atoms with van der Waals surface area (Å²) in [4.78, 5) is 24.2. The standard InChI is InChI=1S/C15H9Br2N3O3/c1-8(21)23-14-10(6-9(16)7-11(14)17)15(22)20-13-5-3-2-4-12(13)18-19-20/h2-7H,1H3. The van der Waals surface area contributed by atoms with Gasteiger partial charge in [-0.25, -0.2) is 0 Å². The number of esters is 1. The summed E-state index contributed by atoms with van der Waals surface area (Å²) < 4.78 is 7.49. The second-order valence-electron chi connectivity index (χ2n) is 4.65. The molecule has 1 heterocycles. The van der Waals surface area contributed by atoms with Crippen LogP contribution in [0.15, 0.2) is 45.3 Å². The van der Waals surface area contributed by atoms with E-state index < -0.39 is 11.9 Å². The van der Waals surface area contributed by atoms with E-state index in [1.54, 1.807) is 30.3 Å². The zero-order chi connectivity index (χ0) is 16.6. The van der Waals surface area contributed by atoms with Crippen molar-refractivity contribution in [3.8, 4) is 5.75 Å². The number of hydrogen-bond donors (Lipinski definition) is 0. The molecule has 2 aromatic carbocycles. The molecule has 23 heavy (non-hydrogen) atoms. The summed E-state index contributed by atoms with van der Waals surface area (Å²) in [7, 11) is 0. The quantitative estimate of drug-likeness (QED) is 0.451. The minimum Gasteiger partial charge on any atom is -0.425 e. The van der Waals surface area contributed by atoms with Crippen LogP contribution in [0.1, 0.15) is 17.3 Å². The normalized spacial score (nSPS) is 10.7. The van der Waals surface area contributed by atoms with Crippen molar-refractivity contribution in [2.75, 3.05) is 0 Å². The minimum atomic E-state index is -0.523. The molecule has 0 aliphatic carbocycles. The number of halogens is 2. The number of nitrogens with zero attached hydrogens (tertiary/aromatic N) is 3. The Morgan fingerprint density at radius 1 is 1.17 bits per heavy atom. The van der Waals surface area contributed by atoms with E-state index in [2.05, 4.69) is 42.2 Å². The first-order valence-corrected chi connectivity index (χ1v) is 8.08. The summed E-state index contributed by atoms with van der Waals surface area (Å²) >= 11 is 6.63. The fraction of sp³-hybridized carbons (Fsp3) is 0.0667. The zero-order valence-corrected chi connectivity index (χ0v) is 15.0. The molecule has 1 aromatic heterocycles. The number of aromatic nitrogens is 3. The summed E-state index contributed by atoms with van der Waals surface area (Å²) in [6.07, 6.45) is 0. The molecule has 0 saturated heterocycles. The van der Waals surface area contributed by atoms with Crippen molar-refractivity contribution in [2.45, 2.75) is 6.92 Å². The number of carbonyl (C=O) groups is 2. The summed E-state index contributed by atoms with van der Waals surface area (Å²) in [5.74, 6) is -0.826. The maximum atomic E-state index is 12.9. The summed E-state index contributed by atoms with van der Waals surface area (Å²) in [6, 6.07) is 10.4. The van der Waals surface area contributed by atoms with E-state index >= 15 is 0 Å². The highest BCUT2D eigenvalue weighted by molar-refractivity contribution is 9.11. The van der Waals surface area contributed by atoms with Crippen LogP contribution in [0.3, 0.4) is 0 Å². The maximum absolute atomic E-state index is 12.9. The van der Waals surface area contributed by atoms with Crippen LogP contribution in [0.4, 0.5) is 0 Å². The molecule has 3 aromatic rings. The van der Waals surface area contributed by atoms with Crippen molar-refractivity contribution in [1.82, 2.24) is 15.0 Å². The molecule has 3 rings (SSSR count). The lowest BCUT2D eigenvalue weighted by molar-refractivity contribution is -0.131. The van der Waals surface area contributed by atoms with E-state index in [0.29, 0.717) is 20.0 Å². The molecule has 0 aliphatic heterocycles. The molecule has 0 saturated carbocycles. The van der Waals surface area contributed by atoms with Gasteiger partial charge in [-0.15, -0.1) is 5.10 Å². The van der Waals surface area contributed by atoms with Crippen LogP contribution in [0.5, 0.6) is 5.75 Å². The Balaban J connectivity index is 2.17. The van der Waals surface area contributed by atoms with Crippen LogP contribution < -0.4 is 4.74 Å².